The lowest BCUT2D eigenvalue weighted by Crippen LogP contribution is -2.20. The highest BCUT2D eigenvalue weighted by atomic mass is 32.1. The molecule has 0 amide bonds. The molecule has 50 valence electrons. The van der Waals surface area contributed by atoms with Crippen molar-refractivity contribution in [3.63, 3.8) is 0 Å². The molecule has 8 heavy (non-hydrogen) atoms. The van der Waals surface area contributed by atoms with Gasteiger partial charge in [0.05, 0.1) is 0 Å². The summed E-state index contributed by atoms with van der Waals surface area (Å²) >= 11 is 4.03. The molecule has 0 aliphatic heterocycles. The Morgan fingerprint density at radius 2 is 2.12 bits per heavy atom. The number of hydrogen-bond acceptors (Lipinski definition) is 3. The van der Waals surface area contributed by atoms with Gasteiger partial charge >= 0.3 is 0 Å². The maximum absolute atomic E-state index is 5.25. The summed E-state index contributed by atoms with van der Waals surface area (Å²) in [6, 6.07) is 0. The molecule has 3 heteroatoms. The Hall–Kier alpha value is 0.270. The Bertz CT molecular complexity index is 35.4. The minimum Gasteiger partial charge on any atom is -0.330 e. The highest BCUT2D eigenvalue weighted by molar-refractivity contribution is 7.80. The van der Waals surface area contributed by atoms with Crippen LogP contribution in [0.4, 0.5) is 0 Å². The molecule has 0 aromatic rings. The van der Waals surface area contributed by atoms with E-state index in [1.54, 1.807) is 0 Å². The predicted octanol–water partition coefficient (Wildman–Crippen LogP) is -0.145. The standard InChI is InChI=1S/C5H14N2S/c6-2-1-3-7-4-5-8/h7-8H,1-6H2/i1+1,2+1,3+1. The minimum atomic E-state index is 0.777. The second-order valence-corrected chi connectivity index (χ2v) is 2.06. The van der Waals surface area contributed by atoms with E-state index in [4.69, 9.17) is 5.73 Å². The monoisotopic (exact) mass is 137 g/mol. The predicted molar refractivity (Wildman–Crippen MR) is 40.4 cm³/mol. The van der Waals surface area contributed by atoms with Crippen LogP contribution in [0, 0.1) is 0 Å². The van der Waals surface area contributed by atoms with Gasteiger partial charge in [-0.1, -0.05) is 0 Å². The van der Waals surface area contributed by atoms with Gasteiger partial charge in [-0.25, -0.2) is 0 Å². The zero-order chi connectivity index (χ0) is 6.24. The molecule has 2 nitrogen and oxygen atoms in total. The van der Waals surface area contributed by atoms with Gasteiger partial charge in [0.1, 0.15) is 0 Å². The van der Waals surface area contributed by atoms with Gasteiger partial charge in [0.2, 0.25) is 0 Å². The summed E-state index contributed by atoms with van der Waals surface area (Å²) in [5.41, 5.74) is 5.25. The molecule has 0 radical (unpaired) electrons. The lowest BCUT2D eigenvalue weighted by atomic mass is 10.8. The fraction of sp³-hybridized carbons (Fsp3) is 1.00. The zero-order valence-electron chi connectivity index (χ0n) is 5.06. The molecule has 0 bridgehead atoms. The number of thiol groups is 1. The van der Waals surface area contributed by atoms with Crippen molar-refractivity contribution in [1.29, 1.82) is 0 Å². The third-order valence-electron chi connectivity index (χ3n) is 0.846. The quantitative estimate of drug-likeness (QED) is 0.280. The van der Waals surface area contributed by atoms with E-state index < -0.39 is 0 Å². The molecule has 0 saturated heterocycles. The Kier molecular flexibility index (Phi) is 7.52. The largest absolute Gasteiger partial charge is 0.330 e. The first-order chi connectivity index (χ1) is 3.91. The van der Waals surface area contributed by atoms with Crippen LogP contribution in [-0.4, -0.2) is 25.4 Å². The van der Waals surface area contributed by atoms with Crippen molar-refractivity contribution in [2.24, 2.45) is 5.73 Å². The van der Waals surface area contributed by atoms with Crippen LogP contribution in [0.3, 0.4) is 0 Å². The molecular weight excluding hydrogens is 123 g/mol. The van der Waals surface area contributed by atoms with Crippen LogP contribution < -0.4 is 11.1 Å². The molecule has 0 fully saturated rings. The number of rotatable bonds is 5. The number of nitrogens with one attached hydrogen (secondary N) is 1. The molecule has 0 spiro atoms. The van der Waals surface area contributed by atoms with E-state index in [9.17, 15) is 0 Å². The van der Waals surface area contributed by atoms with Crippen molar-refractivity contribution in [3.8, 4) is 0 Å². The average molecular weight is 137 g/mol. The number of nitrogens with two attached hydrogens (primary N) is 1. The Morgan fingerprint density at radius 1 is 1.38 bits per heavy atom. The van der Waals surface area contributed by atoms with E-state index in [0.29, 0.717) is 0 Å². The van der Waals surface area contributed by atoms with Gasteiger partial charge in [0.25, 0.3) is 0 Å². The van der Waals surface area contributed by atoms with Gasteiger partial charge in [-0.2, -0.15) is 12.6 Å². The van der Waals surface area contributed by atoms with Crippen LogP contribution in [0.2, 0.25) is 0 Å². The Morgan fingerprint density at radius 3 is 2.62 bits per heavy atom. The van der Waals surface area contributed by atoms with Crippen LogP contribution in [0.15, 0.2) is 0 Å². The lowest BCUT2D eigenvalue weighted by molar-refractivity contribution is 0.683. The van der Waals surface area contributed by atoms with Gasteiger partial charge in [-0.15, -0.1) is 0 Å². The summed E-state index contributed by atoms with van der Waals surface area (Å²) in [5.74, 6) is 0.907. The van der Waals surface area contributed by atoms with E-state index in [-0.39, 0.29) is 0 Å². The molecule has 0 aromatic carbocycles. The molecule has 0 rings (SSSR count). The summed E-state index contributed by atoms with van der Waals surface area (Å²) in [7, 11) is 0. The van der Waals surface area contributed by atoms with Crippen molar-refractivity contribution >= 4 is 12.6 Å². The lowest BCUT2D eigenvalue weighted by Gasteiger charge is -1.97. The molecule has 0 aliphatic carbocycles. The normalized spacial score (nSPS) is 9.75. The minimum absolute atomic E-state index is 0.777. The first-order valence-corrected chi connectivity index (χ1v) is 3.56. The average Bonchev–Trinajstić information content (AvgIpc) is 1.81. The second kappa shape index (κ2) is 7.27. The SMILES string of the molecule is N[13CH2][13CH2][13CH2]NCCS. The zero-order valence-corrected chi connectivity index (χ0v) is 5.95. The molecule has 0 aliphatic rings. The highest BCUT2D eigenvalue weighted by Crippen LogP contribution is 1.71. The third kappa shape index (κ3) is 6.27. The van der Waals surface area contributed by atoms with E-state index in [2.05, 4.69) is 17.9 Å². The highest BCUT2D eigenvalue weighted by Gasteiger charge is 1.80. The summed E-state index contributed by atoms with van der Waals surface area (Å²) in [5, 5.41) is 3.18. The van der Waals surface area contributed by atoms with E-state index in [0.717, 1.165) is 31.8 Å². The fourth-order valence-corrected chi connectivity index (χ4v) is 0.589. The van der Waals surface area contributed by atoms with E-state index >= 15 is 0 Å². The summed E-state index contributed by atoms with van der Waals surface area (Å²) in [4.78, 5) is 0. The van der Waals surface area contributed by atoms with Gasteiger partial charge in [0.15, 0.2) is 0 Å². The summed E-state index contributed by atoms with van der Waals surface area (Å²) in [6.07, 6.45) is 1.06. The van der Waals surface area contributed by atoms with Crippen LogP contribution in [0.5, 0.6) is 0 Å². The molecule has 0 aromatic heterocycles. The van der Waals surface area contributed by atoms with E-state index in [1.165, 1.54) is 0 Å². The van der Waals surface area contributed by atoms with Crippen LogP contribution in [0.25, 0.3) is 0 Å². The maximum atomic E-state index is 5.25. The third-order valence-corrected chi connectivity index (χ3v) is 1.07. The first kappa shape index (κ1) is 8.27. The molecule has 3 N–H and O–H groups in total. The Balaban J connectivity index is 2.53. The fourth-order valence-electron chi connectivity index (χ4n) is 0.431. The van der Waals surface area contributed by atoms with Gasteiger partial charge < -0.3 is 11.1 Å². The number of hydrogen-bond donors (Lipinski definition) is 3. The van der Waals surface area contributed by atoms with Crippen molar-refractivity contribution in [2.75, 3.05) is 25.4 Å². The molecule has 0 atom stereocenters. The van der Waals surface area contributed by atoms with E-state index in [1.807, 2.05) is 0 Å². The van der Waals surface area contributed by atoms with Crippen LogP contribution in [-0.2, 0) is 0 Å². The van der Waals surface area contributed by atoms with Crippen LogP contribution >= 0.6 is 12.6 Å². The molecule has 0 heterocycles. The van der Waals surface area contributed by atoms with Gasteiger partial charge in [0, 0.05) is 12.3 Å². The topological polar surface area (TPSA) is 38.0 Å². The van der Waals surface area contributed by atoms with Crippen molar-refractivity contribution in [2.45, 2.75) is 6.42 Å². The maximum Gasteiger partial charge on any atom is 0.00397 e. The van der Waals surface area contributed by atoms with Crippen molar-refractivity contribution in [3.05, 3.63) is 0 Å². The molecular formula is C5H14N2S. The second-order valence-electron chi connectivity index (χ2n) is 1.62. The summed E-state index contributed by atoms with van der Waals surface area (Å²) < 4.78 is 0. The Labute approximate surface area is 56.2 Å². The molecule has 0 saturated carbocycles. The molecule has 0 unspecified atom stereocenters. The smallest absolute Gasteiger partial charge is 0.00397 e. The van der Waals surface area contributed by atoms with Crippen molar-refractivity contribution in [1.82, 2.24) is 5.32 Å². The van der Waals surface area contributed by atoms with Crippen molar-refractivity contribution < 1.29 is 0 Å². The van der Waals surface area contributed by atoms with Gasteiger partial charge in [-0.05, 0) is 19.5 Å². The van der Waals surface area contributed by atoms with Crippen LogP contribution in [0.1, 0.15) is 6.42 Å². The first-order valence-electron chi connectivity index (χ1n) is 2.93. The van der Waals surface area contributed by atoms with Gasteiger partial charge in [-0.3, -0.25) is 0 Å². The summed E-state index contributed by atoms with van der Waals surface area (Å²) in [6.45, 7) is 2.79.